The zero-order chi connectivity index (χ0) is 12.5. The monoisotopic (exact) mass is 238 g/mol. The zero-order valence-electron chi connectivity index (χ0n) is 12.0. The Morgan fingerprint density at radius 3 is 2.18 bits per heavy atom. The molecular weight excluding hydrogens is 208 g/mol. The lowest BCUT2D eigenvalue weighted by atomic mass is 9.76. The van der Waals surface area contributed by atoms with E-state index >= 15 is 0 Å². The van der Waals surface area contributed by atoms with Gasteiger partial charge in [-0.1, -0.05) is 27.2 Å². The molecular formula is C15H30N2. The van der Waals surface area contributed by atoms with Crippen molar-refractivity contribution in [1.82, 2.24) is 4.90 Å². The van der Waals surface area contributed by atoms with Gasteiger partial charge in [0.1, 0.15) is 0 Å². The second-order valence-corrected chi connectivity index (χ2v) is 6.59. The Labute approximate surface area is 107 Å². The molecule has 2 aliphatic rings. The number of likely N-dealkylation sites (tertiary alicyclic amines) is 1. The third kappa shape index (κ3) is 2.39. The molecule has 1 saturated carbocycles. The smallest absolute Gasteiger partial charge is 0.0357 e. The standard InChI is InChI=1S/C15H30N2/c1-4-14(3)8-10-17(11-9-14)15(5-2,12-16)13-6-7-13/h13H,4-12,16H2,1-3H3. The highest BCUT2D eigenvalue weighted by molar-refractivity contribution is 5.04. The highest BCUT2D eigenvalue weighted by Gasteiger charge is 2.48. The molecule has 0 aromatic rings. The van der Waals surface area contributed by atoms with Crippen molar-refractivity contribution in [3.05, 3.63) is 0 Å². The highest BCUT2D eigenvalue weighted by atomic mass is 15.2. The summed E-state index contributed by atoms with van der Waals surface area (Å²) in [7, 11) is 0. The van der Waals surface area contributed by atoms with E-state index < -0.39 is 0 Å². The number of nitrogens with two attached hydrogens (primary N) is 1. The van der Waals surface area contributed by atoms with Crippen LogP contribution >= 0.6 is 0 Å². The van der Waals surface area contributed by atoms with Crippen LogP contribution in [0.4, 0.5) is 0 Å². The van der Waals surface area contributed by atoms with Crippen LogP contribution in [0.15, 0.2) is 0 Å². The molecule has 0 bridgehead atoms. The lowest BCUT2D eigenvalue weighted by Gasteiger charge is -2.49. The SMILES string of the molecule is CCC1(C)CCN(C(CC)(CN)C2CC2)CC1. The third-order valence-corrected chi connectivity index (χ3v) is 5.76. The van der Waals surface area contributed by atoms with E-state index in [1.54, 1.807) is 0 Å². The number of hydrogen-bond acceptors (Lipinski definition) is 2. The van der Waals surface area contributed by atoms with Crippen molar-refractivity contribution in [3.8, 4) is 0 Å². The average Bonchev–Trinajstić information content (AvgIpc) is 3.19. The number of nitrogens with zero attached hydrogens (tertiary/aromatic N) is 1. The van der Waals surface area contributed by atoms with Gasteiger partial charge in [-0.05, 0) is 56.5 Å². The van der Waals surface area contributed by atoms with Gasteiger partial charge in [0.05, 0.1) is 0 Å². The fourth-order valence-corrected chi connectivity index (χ4v) is 3.68. The summed E-state index contributed by atoms with van der Waals surface area (Å²) in [5.41, 5.74) is 7.08. The Bertz CT molecular complexity index is 246. The van der Waals surface area contributed by atoms with Crippen LogP contribution in [0.25, 0.3) is 0 Å². The van der Waals surface area contributed by atoms with Crippen molar-refractivity contribution in [2.45, 2.75) is 64.8 Å². The molecule has 1 heterocycles. The molecule has 0 radical (unpaired) electrons. The molecule has 2 rings (SSSR count). The van der Waals surface area contributed by atoms with Gasteiger partial charge >= 0.3 is 0 Å². The van der Waals surface area contributed by atoms with Crippen LogP contribution < -0.4 is 5.73 Å². The molecule has 100 valence electrons. The number of piperidine rings is 1. The molecule has 1 atom stereocenters. The van der Waals surface area contributed by atoms with E-state index in [0.717, 1.165) is 12.5 Å². The molecule has 1 unspecified atom stereocenters. The first-order valence-electron chi connectivity index (χ1n) is 7.55. The first-order chi connectivity index (χ1) is 8.10. The van der Waals surface area contributed by atoms with Crippen molar-refractivity contribution >= 4 is 0 Å². The Balaban J connectivity index is 2.02. The summed E-state index contributed by atoms with van der Waals surface area (Å²) in [5, 5.41) is 0. The minimum atomic E-state index is 0.342. The normalized spacial score (nSPS) is 28.9. The lowest BCUT2D eigenvalue weighted by molar-refractivity contribution is 0.00912. The fourth-order valence-electron chi connectivity index (χ4n) is 3.68. The second kappa shape index (κ2) is 4.89. The molecule has 2 heteroatoms. The topological polar surface area (TPSA) is 29.3 Å². The Morgan fingerprint density at radius 2 is 1.82 bits per heavy atom. The predicted octanol–water partition coefficient (Wildman–Crippen LogP) is 3.02. The van der Waals surface area contributed by atoms with E-state index in [4.69, 9.17) is 5.73 Å². The maximum atomic E-state index is 6.15. The largest absolute Gasteiger partial charge is 0.329 e. The third-order valence-electron chi connectivity index (χ3n) is 5.76. The van der Waals surface area contributed by atoms with Crippen molar-refractivity contribution < 1.29 is 0 Å². The maximum Gasteiger partial charge on any atom is 0.0357 e. The molecule has 0 aromatic heterocycles. The molecule has 1 saturated heterocycles. The van der Waals surface area contributed by atoms with E-state index in [1.165, 1.54) is 51.6 Å². The average molecular weight is 238 g/mol. The fraction of sp³-hybridized carbons (Fsp3) is 1.00. The van der Waals surface area contributed by atoms with Crippen molar-refractivity contribution in [2.24, 2.45) is 17.1 Å². The Morgan fingerprint density at radius 1 is 1.24 bits per heavy atom. The van der Waals surface area contributed by atoms with Crippen LogP contribution in [0, 0.1) is 11.3 Å². The van der Waals surface area contributed by atoms with E-state index in [9.17, 15) is 0 Å². The minimum absolute atomic E-state index is 0.342. The molecule has 1 aliphatic carbocycles. The summed E-state index contributed by atoms with van der Waals surface area (Å²) in [6, 6.07) is 0. The first-order valence-corrected chi connectivity index (χ1v) is 7.55. The van der Waals surface area contributed by atoms with Gasteiger partial charge in [0.15, 0.2) is 0 Å². The van der Waals surface area contributed by atoms with E-state index in [0.29, 0.717) is 11.0 Å². The molecule has 0 spiro atoms. The van der Waals surface area contributed by atoms with Gasteiger partial charge < -0.3 is 5.73 Å². The van der Waals surface area contributed by atoms with Crippen molar-refractivity contribution in [2.75, 3.05) is 19.6 Å². The summed E-state index contributed by atoms with van der Waals surface area (Å²) in [6.45, 7) is 10.5. The van der Waals surface area contributed by atoms with E-state index in [1.807, 2.05) is 0 Å². The summed E-state index contributed by atoms with van der Waals surface area (Å²) in [4.78, 5) is 2.74. The van der Waals surface area contributed by atoms with E-state index in [-0.39, 0.29) is 0 Å². The van der Waals surface area contributed by atoms with Crippen LogP contribution in [0.3, 0.4) is 0 Å². The van der Waals surface area contributed by atoms with E-state index in [2.05, 4.69) is 25.7 Å². The van der Waals surface area contributed by atoms with Crippen LogP contribution in [0.5, 0.6) is 0 Å². The molecule has 2 fully saturated rings. The lowest BCUT2D eigenvalue weighted by Crippen LogP contribution is -2.58. The van der Waals surface area contributed by atoms with Crippen LogP contribution in [-0.4, -0.2) is 30.1 Å². The Kier molecular flexibility index (Phi) is 3.84. The van der Waals surface area contributed by atoms with Gasteiger partial charge in [0.25, 0.3) is 0 Å². The van der Waals surface area contributed by atoms with Crippen LogP contribution in [0.2, 0.25) is 0 Å². The summed E-state index contributed by atoms with van der Waals surface area (Å²) >= 11 is 0. The van der Waals surface area contributed by atoms with Crippen molar-refractivity contribution in [3.63, 3.8) is 0 Å². The van der Waals surface area contributed by atoms with Crippen LogP contribution in [-0.2, 0) is 0 Å². The molecule has 0 aromatic carbocycles. The molecule has 2 N–H and O–H groups in total. The van der Waals surface area contributed by atoms with Gasteiger partial charge in [0, 0.05) is 12.1 Å². The van der Waals surface area contributed by atoms with Gasteiger partial charge in [-0.15, -0.1) is 0 Å². The molecule has 17 heavy (non-hydrogen) atoms. The second-order valence-electron chi connectivity index (χ2n) is 6.59. The quantitative estimate of drug-likeness (QED) is 0.798. The number of hydrogen-bond donors (Lipinski definition) is 1. The van der Waals surface area contributed by atoms with Gasteiger partial charge in [0.2, 0.25) is 0 Å². The predicted molar refractivity (Wildman–Crippen MR) is 74.0 cm³/mol. The zero-order valence-corrected chi connectivity index (χ0v) is 12.0. The molecule has 1 aliphatic heterocycles. The van der Waals surface area contributed by atoms with Gasteiger partial charge in [-0.25, -0.2) is 0 Å². The minimum Gasteiger partial charge on any atom is -0.329 e. The summed E-state index contributed by atoms with van der Waals surface area (Å²) in [6.07, 6.45) is 8.10. The summed E-state index contributed by atoms with van der Waals surface area (Å²) < 4.78 is 0. The van der Waals surface area contributed by atoms with Crippen molar-refractivity contribution in [1.29, 1.82) is 0 Å². The first kappa shape index (κ1) is 13.4. The number of rotatable bonds is 5. The van der Waals surface area contributed by atoms with Gasteiger partial charge in [-0.2, -0.15) is 0 Å². The highest BCUT2D eigenvalue weighted by Crippen LogP contribution is 2.47. The molecule has 0 amide bonds. The van der Waals surface area contributed by atoms with Gasteiger partial charge in [-0.3, -0.25) is 4.90 Å². The van der Waals surface area contributed by atoms with Crippen LogP contribution in [0.1, 0.15) is 59.3 Å². The summed E-state index contributed by atoms with van der Waals surface area (Å²) in [5.74, 6) is 0.892. The molecule has 2 nitrogen and oxygen atoms in total. The maximum absolute atomic E-state index is 6.15. The Hall–Kier alpha value is -0.0800.